The van der Waals surface area contributed by atoms with Crippen molar-refractivity contribution in [3.63, 3.8) is 0 Å². The van der Waals surface area contributed by atoms with E-state index in [-0.39, 0.29) is 6.61 Å². The molecular formula is C13H17O4P. The minimum atomic E-state index is -3.47. The Hall–Kier alpha value is -1.12. The minimum Gasteiger partial charge on any atom is -0.387 e. The molecule has 1 aliphatic rings. The van der Waals surface area contributed by atoms with Crippen LogP contribution in [-0.2, 0) is 18.8 Å². The number of carbonyl (C=O) groups excluding carboxylic acids is 1. The second kappa shape index (κ2) is 4.22. The standard InChI is InChI=1S/C13H17O4P/c1-5-16-18(15)13(3,4)11-8-9(2)6-7-10(11)12(14)17-18/h6-8H,5H2,1-4H3. The summed E-state index contributed by atoms with van der Waals surface area (Å²) in [7, 11) is -3.47. The van der Waals surface area contributed by atoms with Gasteiger partial charge in [-0.05, 0) is 39.3 Å². The molecule has 0 radical (unpaired) electrons. The molecule has 0 aromatic heterocycles. The van der Waals surface area contributed by atoms with Crippen LogP contribution in [0, 0.1) is 6.92 Å². The van der Waals surface area contributed by atoms with E-state index in [9.17, 15) is 9.36 Å². The largest absolute Gasteiger partial charge is 0.391 e. The molecule has 1 unspecified atom stereocenters. The Kier molecular flexibility index (Phi) is 3.12. The fourth-order valence-corrected chi connectivity index (χ4v) is 3.86. The highest BCUT2D eigenvalue weighted by Gasteiger charge is 2.52. The average molecular weight is 268 g/mol. The summed E-state index contributed by atoms with van der Waals surface area (Å²) in [5.41, 5.74) is 2.21. The molecule has 5 heteroatoms. The van der Waals surface area contributed by atoms with Gasteiger partial charge >= 0.3 is 13.6 Å². The van der Waals surface area contributed by atoms with Crippen molar-refractivity contribution >= 4 is 13.6 Å². The van der Waals surface area contributed by atoms with Crippen molar-refractivity contribution in [2.75, 3.05) is 6.61 Å². The molecule has 2 rings (SSSR count). The van der Waals surface area contributed by atoms with Gasteiger partial charge in [-0.1, -0.05) is 17.7 Å². The summed E-state index contributed by atoms with van der Waals surface area (Å²) in [4.78, 5) is 11.9. The molecule has 0 spiro atoms. The van der Waals surface area contributed by atoms with Gasteiger partial charge in [0.05, 0.1) is 12.2 Å². The lowest BCUT2D eigenvalue weighted by Gasteiger charge is -2.37. The molecule has 1 aliphatic heterocycles. The first-order valence-electron chi connectivity index (χ1n) is 5.91. The van der Waals surface area contributed by atoms with E-state index in [1.54, 1.807) is 26.8 Å². The van der Waals surface area contributed by atoms with Crippen LogP contribution in [0.15, 0.2) is 18.2 Å². The summed E-state index contributed by atoms with van der Waals surface area (Å²) in [6.07, 6.45) is 0. The lowest BCUT2D eigenvalue weighted by Crippen LogP contribution is -2.30. The van der Waals surface area contributed by atoms with Crippen molar-refractivity contribution in [3.05, 3.63) is 34.9 Å². The van der Waals surface area contributed by atoms with Crippen LogP contribution in [0.2, 0.25) is 0 Å². The normalized spacial score (nSPS) is 25.4. The Balaban J connectivity index is 2.66. The maximum absolute atomic E-state index is 12.7. The van der Waals surface area contributed by atoms with Gasteiger partial charge in [0, 0.05) is 0 Å². The highest BCUT2D eigenvalue weighted by molar-refractivity contribution is 7.55. The molecule has 0 saturated carbocycles. The van der Waals surface area contributed by atoms with E-state index in [2.05, 4.69) is 0 Å². The summed E-state index contributed by atoms with van der Waals surface area (Å²) in [5.74, 6) is -0.568. The van der Waals surface area contributed by atoms with Crippen LogP contribution in [0.5, 0.6) is 0 Å². The third kappa shape index (κ3) is 1.80. The van der Waals surface area contributed by atoms with E-state index < -0.39 is 18.7 Å². The van der Waals surface area contributed by atoms with E-state index >= 15 is 0 Å². The predicted molar refractivity (Wildman–Crippen MR) is 68.9 cm³/mol. The van der Waals surface area contributed by atoms with E-state index in [0.29, 0.717) is 5.56 Å². The van der Waals surface area contributed by atoms with Crippen LogP contribution in [0.1, 0.15) is 42.3 Å². The summed E-state index contributed by atoms with van der Waals surface area (Å²) in [6.45, 7) is 7.48. The van der Waals surface area contributed by atoms with E-state index in [0.717, 1.165) is 11.1 Å². The van der Waals surface area contributed by atoms with Gasteiger partial charge in [-0.15, -0.1) is 0 Å². The van der Waals surface area contributed by atoms with Gasteiger partial charge in [-0.3, -0.25) is 4.52 Å². The van der Waals surface area contributed by atoms with Crippen molar-refractivity contribution in [2.24, 2.45) is 0 Å². The van der Waals surface area contributed by atoms with Gasteiger partial charge in [0.25, 0.3) is 0 Å². The first-order chi connectivity index (χ1) is 8.32. The molecular weight excluding hydrogens is 251 g/mol. The van der Waals surface area contributed by atoms with Crippen molar-refractivity contribution < 1.29 is 18.4 Å². The van der Waals surface area contributed by atoms with Crippen LogP contribution in [0.25, 0.3) is 0 Å². The van der Waals surface area contributed by atoms with Crippen LogP contribution >= 0.6 is 7.60 Å². The molecule has 0 bridgehead atoms. The number of aryl methyl sites for hydroxylation is 1. The first kappa shape index (κ1) is 13.3. The SMILES string of the molecule is CCOP1(=O)OC(=O)c2ccc(C)cc2C1(C)C. The molecule has 98 valence electrons. The minimum absolute atomic E-state index is 0.245. The highest BCUT2D eigenvalue weighted by atomic mass is 31.2. The zero-order valence-electron chi connectivity index (χ0n) is 11.0. The molecule has 0 N–H and O–H groups in total. The third-order valence-corrected chi connectivity index (χ3v) is 5.86. The van der Waals surface area contributed by atoms with E-state index in [1.165, 1.54) is 0 Å². The molecule has 0 aliphatic carbocycles. The van der Waals surface area contributed by atoms with Crippen LogP contribution in [-0.4, -0.2) is 12.6 Å². The van der Waals surface area contributed by atoms with Crippen molar-refractivity contribution in [1.82, 2.24) is 0 Å². The summed E-state index contributed by atoms with van der Waals surface area (Å²) < 4.78 is 23.1. The van der Waals surface area contributed by atoms with Crippen LogP contribution in [0.3, 0.4) is 0 Å². The van der Waals surface area contributed by atoms with E-state index in [4.69, 9.17) is 9.05 Å². The molecule has 18 heavy (non-hydrogen) atoms. The number of carbonyl (C=O) groups is 1. The van der Waals surface area contributed by atoms with Crippen LogP contribution in [0.4, 0.5) is 0 Å². The Morgan fingerprint density at radius 3 is 2.67 bits per heavy atom. The fraction of sp³-hybridized carbons (Fsp3) is 0.462. The summed E-state index contributed by atoms with van der Waals surface area (Å²) in [6, 6.07) is 5.43. The molecule has 0 saturated heterocycles. The van der Waals surface area contributed by atoms with Gasteiger partial charge < -0.3 is 4.52 Å². The van der Waals surface area contributed by atoms with Gasteiger partial charge in [0.2, 0.25) is 0 Å². The van der Waals surface area contributed by atoms with E-state index in [1.807, 2.05) is 19.1 Å². The maximum atomic E-state index is 12.7. The lowest BCUT2D eigenvalue weighted by molar-refractivity contribution is 0.0665. The van der Waals surface area contributed by atoms with Crippen molar-refractivity contribution in [3.8, 4) is 0 Å². The topological polar surface area (TPSA) is 52.6 Å². The number of benzene rings is 1. The number of hydrogen-bond acceptors (Lipinski definition) is 4. The molecule has 1 heterocycles. The zero-order valence-corrected chi connectivity index (χ0v) is 11.9. The van der Waals surface area contributed by atoms with Gasteiger partial charge in [0.1, 0.15) is 5.16 Å². The maximum Gasteiger partial charge on any atom is 0.391 e. The highest BCUT2D eigenvalue weighted by Crippen LogP contribution is 2.67. The molecule has 0 fully saturated rings. The second-order valence-corrected chi connectivity index (χ2v) is 7.46. The average Bonchev–Trinajstić information content (AvgIpc) is 2.27. The Labute approximate surface area is 107 Å². The van der Waals surface area contributed by atoms with Crippen molar-refractivity contribution in [1.29, 1.82) is 0 Å². The van der Waals surface area contributed by atoms with Gasteiger partial charge in [-0.25, -0.2) is 9.36 Å². The fourth-order valence-electron chi connectivity index (χ4n) is 2.12. The van der Waals surface area contributed by atoms with Gasteiger partial charge in [-0.2, -0.15) is 0 Å². The lowest BCUT2D eigenvalue weighted by atomic mass is 9.94. The number of hydrogen-bond donors (Lipinski definition) is 0. The summed E-state index contributed by atoms with van der Waals surface area (Å²) in [5, 5.41) is -0.821. The molecule has 1 aromatic carbocycles. The third-order valence-electron chi connectivity index (χ3n) is 3.24. The molecule has 1 aromatic rings. The molecule has 0 amide bonds. The zero-order chi connectivity index (χ0) is 13.6. The van der Waals surface area contributed by atoms with Crippen LogP contribution < -0.4 is 0 Å². The Morgan fingerprint density at radius 2 is 2.06 bits per heavy atom. The second-order valence-electron chi connectivity index (χ2n) is 4.90. The first-order valence-corrected chi connectivity index (χ1v) is 7.46. The quantitative estimate of drug-likeness (QED) is 0.768. The van der Waals surface area contributed by atoms with Gasteiger partial charge in [0.15, 0.2) is 0 Å². The Morgan fingerprint density at radius 1 is 1.39 bits per heavy atom. The Bertz CT molecular complexity index is 548. The molecule has 4 nitrogen and oxygen atoms in total. The smallest absolute Gasteiger partial charge is 0.387 e. The van der Waals surface area contributed by atoms with Crippen molar-refractivity contribution in [2.45, 2.75) is 32.9 Å². The predicted octanol–water partition coefficient (Wildman–Crippen LogP) is 3.63. The summed E-state index contributed by atoms with van der Waals surface area (Å²) >= 11 is 0. The number of fused-ring (bicyclic) bond motifs is 1. The monoisotopic (exact) mass is 268 g/mol. The molecule has 1 atom stereocenters. The number of rotatable bonds is 2.